The molecule has 5 rings (SSSR count). The summed E-state index contributed by atoms with van der Waals surface area (Å²) in [4.78, 5) is 43.9. The van der Waals surface area contributed by atoms with Gasteiger partial charge in [0.05, 0.1) is 52.1 Å². The number of aromatic nitrogens is 1. The number of carbonyl (C=O) groups is 1. The summed E-state index contributed by atoms with van der Waals surface area (Å²) in [6.45, 7) is 7.95. The molecule has 0 radical (unpaired) electrons. The number of nitro benzene ring substituents is 1. The van der Waals surface area contributed by atoms with Gasteiger partial charge in [-0.1, -0.05) is 79.8 Å². The first-order valence-corrected chi connectivity index (χ1v) is 15.3. The van der Waals surface area contributed by atoms with E-state index in [0.717, 1.165) is 28.0 Å². The number of rotatable bonds is 10. The number of carbonyl (C=O) groups excluding carboxylic acids is 1. The van der Waals surface area contributed by atoms with E-state index < -0.39 is 22.5 Å². The van der Waals surface area contributed by atoms with Gasteiger partial charge in [0, 0.05) is 0 Å². The lowest BCUT2D eigenvalue weighted by Gasteiger charge is -2.25. The van der Waals surface area contributed by atoms with E-state index in [9.17, 15) is 19.7 Å². The minimum absolute atomic E-state index is 0.161. The average Bonchev–Trinajstić information content (AvgIpc) is 3.33. The second-order valence-electron chi connectivity index (χ2n) is 10.7. The van der Waals surface area contributed by atoms with E-state index >= 15 is 0 Å². The third kappa shape index (κ3) is 6.44. The van der Waals surface area contributed by atoms with E-state index in [2.05, 4.69) is 18.8 Å². The normalized spacial score (nSPS) is 14.6. The van der Waals surface area contributed by atoms with Crippen LogP contribution in [0.3, 0.4) is 0 Å². The van der Waals surface area contributed by atoms with E-state index in [-0.39, 0.29) is 46.1 Å². The summed E-state index contributed by atoms with van der Waals surface area (Å²) in [5, 5.41) is 12.2. The molecule has 0 saturated carbocycles. The van der Waals surface area contributed by atoms with E-state index in [1.807, 2.05) is 54.6 Å². The molecule has 232 valence electrons. The number of hydrogen-bond acceptors (Lipinski definition) is 9. The molecule has 0 amide bonds. The van der Waals surface area contributed by atoms with Crippen LogP contribution in [0.2, 0.25) is 0 Å². The van der Waals surface area contributed by atoms with Gasteiger partial charge in [-0.25, -0.2) is 9.79 Å². The SMILES string of the molecule is CCOC(=O)C1=C(C)N=c2s/c(=C\c3cc(OC)c(OCc4ccccc4)cc3[N+](=O)[O-])c(=O)n2[C@@H]1c1ccc(C(C)C)cc1. The van der Waals surface area contributed by atoms with Gasteiger partial charge in [-0.2, -0.15) is 0 Å². The van der Waals surface area contributed by atoms with Gasteiger partial charge in [-0.3, -0.25) is 19.5 Å². The Kier molecular flexibility index (Phi) is 9.29. The molecule has 0 N–H and O–H groups in total. The first kappa shape index (κ1) is 31.4. The number of fused-ring (bicyclic) bond motifs is 1. The van der Waals surface area contributed by atoms with E-state index in [1.54, 1.807) is 13.8 Å². The molecule has 1 aliphatic heterocycles. The van der Waals surface area contributed by atoms with Crippen LogP contribution >= 0.6 is 11.3 Å². The van der Waals surface area contributed by atoms with Crippen molar-refractivity contribution in [2.75, 3.05) is 13.7 Å². The maximum absolute atomic E-state index is 14.1. The molecule has 1 aliphatic rings. The fourth-order valence-electron chi connectivity index (χ4n) is 5.16. The molecule has 0 unspecified atom stereocenters. The third-order valence-electron chi connectivity index (χ3n) is 7.47. The van der Waals surface area contributed by atoms with Crippen LogP contribution in [0.1, 0.15) is 61.9 Å². The molecule has 0 bridgehead atoms. The zero-order valence-electron chi connectivity index (χ0n) is 25.6. The Balaban J connectivity index is 1.64. The molecule has 45 heavy (non-hydrogen) atoms. The predicted octanol–water partition coefficient (Wildman–Crippen LogP) is 5.42. The first-order valence-electron chi connectivity index (χ1n) is 14.5. The summed E-state index contributed by atoms with van der Waals surface area (Å²) < 4.78 is 18.4. The highest BCUT2D eigenvalue weighted by atomic mass is 32.1. The summed E-state index contributed by atoms with van der Waals surface area (Å²) in [7, 11) is 1.44. The van der Waals surface area contributed by atoms with Crippen LogP contribution in [0.5, 0.6) is 11.5 Å². The van der Waals surface area contributed by atoms with Crippen molar-refractivity contribution < 1.29 is 23.9 Å². The van der Waals surface area contributed by atoms with E-state index in [0.29, 0.717) is 16.4 Å². The minimum atomic E-state index is -0.790. The molecule has 0 spiro atoms. The van der Waals surface area contributed by atoms with Crippen molar-refractivity contribution in [2.45, 2.75) is 46.3 Å². The van der Waals surface area contributed by atoms with Crippen molar-refractivity contribution >= 4 is 29.1 Å². The molecule has 2 heterocycles. The van der Waals surface area contributed by atoms with Gasteiger partial charge in [0.15, 0.2) is 16.3 Å². The standard InChI is InChI=1S/C34H33N3O7S/c1-6-43-33(39)30-21(4)35-34-36(31(30)24-14-12-23(13-15-24)20(2)3)32(38)29(45-34)17-25-16-27(42-5)28(18-26(25)37(40)41)44-19-22-10-8-7-9-11-22/h7-18,20,31H,6,19H2,1-5H3/b29-17-/t31-/m1/s1. The lowest BCUT2D eigenvalue weighted by Crippen LogP contribution is -2.40. The number of nitro groups is 1. The lowest BCUT2D eigenvalue weighted by molar-refractivity contribution is -0.385. The molecule has 1 aromatic heterocycles. The van der Waals surface area contributed by atoms with Gasteiger partial charge in [0.25, 0.3) is 11.2 Å². The molecule has 11 heteroatoms. The molecule has 10 nitrogen and oxygen atoms in total. The van der Waals surface area contributed by atoms with Gasteiger partial charge >= 0.3 is 5.97 Å². The molecule has 0 fully saturated rings. The minimum Gasteiger partial charge on any atom is -0.493 e. The monoisotopic (exact) mass is 627 g/mol. The zero-order valence-corrected chi connectivity index (χ0v) is 26.4. The Bertz CT molecular complexity index is 1960. The Hall–Kier alpha value is -5.03. The average molecular weight is 628 g/mol. The van der Waals surface area contributed by atoms with Crippen LogP contribution in [0.15, 0.2) is 87.8 Å². The molecule has 3 aromatic carbocycles. The maximum atomic E-state index is 14.1. The van der Waals surface area contributed by atoms with Crippen LogP contribution in [0, 0.1) is 10.1 Å². The Morgan fingerprint density at radius 2 is 1.82 bits per heavy atom. The topological polar surface area (TPSA) is 122 Å². The Morgan fingerprint density at radius 3 is 2.44 bits per heavy atom. The fraction of sp³-hybridized carbons (Fsp3) is 0.265. The van der Waals surface area contributed by atoms with Crippen molar-refractivity contribution in [1.29, 1.82) is 0 Å². The van der Waals surface area contributed by atoms with Crippen molar-refractivity contribution in [1.82, 2.24) is 4.57 Å². The number of nitrogens with zero attached hydrogens (tertiary/aromatic N) is 3. The summed E-state index contributed by atoms with van der Waals surface area (Å²) >= 11 is 1.09. The molecule has 4 aromatic rings. The van der Waals surface area contributed by atoms with Crippen molar-refractivity contribution in [3.05, 3.63) is 130 Å². The van der Waals surface area contributed by atoms with E-state index in [4.69, 9.17) is 14.2 Å². The number of hydrogen-bond donors (Lipinski definition) is 0. The first-order chi connectivity index (χ1) is 21.6. The number of esters is 1. The van der Waals surface area contributed by atoms with Crippen molar-refractivity contribution in [3.8, 4) is 11.5 Å². The van der Waals surface area contributed by atoms with Crippen molar-refractivity contribution in [3.63, 3.8) is 0 Å². The Morgan fingerprint density at radius 1 is 1.11 bits per heavy atom. The van der Waals surface area contributed by atoms with Crippen LogP contribution < -0.4 is 24.4 Å². The van der Waals surface area contributed by atoms with Gasteiger partial charge in [-0.15, -0.1) is 0 Å². The summed E-state index contributed by atoms with van der Waals surface area (Å²) in [6.07, 6.45) is 1.45. The third-order valence-corrected chi connectivity index (χ3v) is 8.45. The maximum Gasteiger partial charge on any atom is 0.338 e. The highest BCUT2D eigenvalue weighted by Gasteiger charge is 2.33. The largest absolute Gasteiger partial charge is 0.493 e. The smallest absolute Gasteiger partial charge is 0.338 e. The molecular formula is C34H33N3O7S. The molecule has 1 atom stereocenters. The van der Waals surface area contributed by atoms with Gasteiger partial charge in [0.2, 0.25) is 0 Å². The summed E-state index contributed by atoms with van der Waals surface area (Å²) in [5.41, 5.74) is 2.88. The fourth-order valence-corrected chi connectivity index (χ4v) is 6.20. The lowest BCUT2D eigenvalue weighted by atomic mass is 9.93. The summed E-state index contributed by atoms with van der Waals surface area (Å²) in [6, 6.07) is 19.2. The van der Waals surface area contributed by atoms with Gasteiger partial charge in [0.1, 0.15) is 6.61 Å². The van der Waals surface area contributed by atoms with Crippen LogP contribution in [0.25, 0.3) is 6.08 Å². The van der Waals surface area contributed by atoms with Gasteiger partial charge in [-0.05, 0) is 48.6 Å². The summed E-state index contributed by atoms with van der Waals surface area (Å²) in [5.74, 6) is 0.216. The van der Waals surface area contributed by atoms with E-state index in [1.165, 1.54) is 29.9 Å². The van der Waals surface area contributed by atoms with Crippen LogP contribution in [-0.4, -0.2) is 29.2 Å². The molecule has 0 aliphatic carbocycles. The number of ether oxygens (including phenoxy) is 3. The highest BCUT2D eigenvalue weighted by molar-refractivity contribution is 7.07. The zero-order chi connectivity index (χ0) is 32.2. The van der Waals surface area contributed by atoms with Crippen molar-refractivity contribution in [2.24, 2.45) is 4.99 Å². The number of allylic oxidation sites excluding steroid dienone is 1. The molecular weight excluding hydrogens is 594 g/mol. The molecule has 0 saturated heterocycles. The number of benzene rings is 3. The number of thiazole rings is 1. The van der Waals surface area contributed by atoms with Crippen LogP contribution in [0.4, 0.5) is 5.69 Å². The van der Waals surface area contributed by atoms with Gasteiger partial charge < -0.3 is 14.2 Å². The predicted molar refractivity (Wildman–Crippen MR) is 171 cm³/mol. The number of methoxy groups -OCH3 is 1. The second-order valence-corrected chi connectivity index (χ2v) is 11.7. The van der Waals surface area contributed by atoms with Crippen LogP contribution in [-0.2, 0) is 16.1 Å². The highest BCUT2D eigenvalue weighted by Crippen LogP contribution is 2.36. The second kappa shape index (κ2) is 13.3. The Labute approximate surface area is 263 Å². The quantitative estimate of drug-likeness (QED) is 0.131.